The van der Waals surface area contributed by atoms with Crippen molar-refractivity contribution < 1.29 is 4.74 Å². The standard InChI is InChI=1S/C9H17NO.2C2H6/c1-6(11-3)9-8-4-7(8)5-10(9)2;2*1-2/h6-9H,4-5H2,1-3H3;2*1-2H3/t6?,7-,8?,9+;;/m0../s1. The molecular weight excluding hydrogens is 186 g/mol. The van der Waals surface area contributed by atoms with E-state index in [0.717, 1.165) is 11.8 Å². The molecule has 0 aromatic heterocycles. The predicted octanol–water partition coefficient (Wildman–Crippen LogP) is 3.02. The molecule has 2 rings (SSSR count). The van der Waals surface area contributed by atoms with Gasteiger partial charge in [0.2, 0.25) is 0 Å². The summed E-state index contributed by atoms with van der Waals surface area (Å²) in [5.41, 5.74) is 0. The smallest absolute Gasteiger partial charge is 0.0701 e. The van der Waals surface area contributed by atoms with Crippen LogP contribution >= 0.6 is 0 Å². The van der Waals surface area contributed by atoms with Crippen LogP contribution in [0.4, 0.5) is 0 Å². The van der Waals surface area contributed by atoms with Crippen molar-refractivity contribution in [2.75, 3.05) is 20.7 Å². The van der Waals surface area contributed by atoms with Crippen molar-refractivity contribution in [2.24, 2.45) is 11.8 Å². The molecule has 0 radical (unpaired) electrons. The number of hydrogen-bond donors (Lipinski definition) is 0. The fourth-order valence-corrected chi connectivity index (χ4v) is 2.56. The molecule has 1 aliphatic carbocycles. The van der Waals surface area contributed by atoms with Gasteiger partial charge < -0.3 is 9.64 Å². The Bertz CT molecular complexity index is 159. The van der Waals surface area contributed by atoms with Gasteiger partial charge in [0.05, 0.1) is 6.10 Å². The van der Waals surface area contributed by atoms with Gasteiger partial charge in [0.1, 0.15) is 0 Å². The molecule has 1 aliphatic heterocycles. The number of methoxy groups -OCH3 is 1. The number of fused-ring (bicyclic) bond motifs is 1. The summed E-state index contributed by atoms with van der Waals surface area (Å²) in [5.74, 6) is 1.96. The highest BCUT2D eigenvalue weighted by Crippen LogP contribution is 2.50. The Labute approximate surface area is 96.0 Å². The third kappa shape index (κ3) is 3.46. The number of ether oxygens (including phenoxy) is 1. The molecule has 0 N–H and O–H groups in total. The number of piperidine rings is 1. The molecule has 1 saturated heterocycles. The lowest BCUT2D eigenvalue weighted by atomic mass is 10.1. The average molecular weight is 215 g/mol. The third-order valence-corrected chi connectivity index (χ3v) is 3.30. The molecule has 1 heterocycles. The van der Waals surface area contributed by atoms with Gasteiger partial charge in [-0.1, -0.05) is 27.7 Å². The number of likely N-dealkylation sites (N-methyl/N-ethyl adjacent to an activating group) is 1. The Morgan fingerprint density at radius 1 is 1.20 bits per heavy atom. The highest BCUT2D eigenvalue weighted by atomic mass is 16.5. The zero-order chi connectivity index (χ0) is 12.0. The van der Waals surface area contributed by atoms with Gasteiger partial charge in [-0.05, 0) is 32.2 Å². The molecule has 4 atom stereocenters. The molecule has 2 fully saturated rings. The van der Waals surface area contributed by atoms with E-state index in [4.69, 9.17) is 4.74 Å². The summed E-state index contributed by atoms with van der Waals surface area (Å²) in [5, 5.41) is 0. The van der Waals surface area contributed by atoms with Crippen molar-refractivity contribution in [3.05, 3.63) is 0 Å². The first kappa shape index (κ1) is 14.9. The van der Waals surface area contributed by atoms with E-state index in [9.17, 15) is 0 Å². The summed E-state index contributed by atoms with van der Waals surface area (Å²) in [6.07, 6.45) is 1.86. The number of rotatable bonds is 2. The molecule has 2 heteroatoms. The van der Waals surface area contributed by atoms with Crippen molar-refractivity contribution in [1.82, 2.24) is 4.90 Å². The Hall–Kier alpha value is -0.0800. The summed E-state index contributed by atoms with van der Waals surface area (Å²) >= 11 is 0. The van der Waals surface area contributed by atoms with Crippen LogP contribution in [-0.4, -0.2) is 37.7 Å². The maximum Gasteiger partial charge on any atom is 0.0701 e. The van der Waals surface area contributed by atoms with Crippen LogP contribution in [0.3, 0.4) is 0 Å². The van der Waals surface area contributed by atoms with Gasteiger partial charge in [-0.2, -0.15) is 0 Å². The van der Waals surface area contributed by atoms with Crippen molar-refractivity contribution in [3.63, 3.8) is 0 Å². The van der Waals surface area contributed by atoms with E-state index in [1.165, 1.54) is 13.0 Å². The minimum atomic E-state index is 0.414. The van der Waals surface area contributed by atoms with Gasteiger partial charge in [-0.3, -0.25) is 0 Å². The van der Waals surface area contributed by atoms with Crippen LogP contribution < -0.4 is 0 Å². The monoisotopic (exact) mass is 215 g/mol. The fraction of sp³-hybridized carbons (Fsp3) is 1.00. The van der Waals surface area contributed by atoms with Crippen LogP contribution in [0.1, 0.15) is 41.0 Å². The molecule has 0 amide bonds. The van der Waals surface area contributed by atoms with Crippen LogP contribution in [0.2, 0.25) is 0 Å². The molecule has 0 spiro atoms. The van der Waals surface area contributed by atoms with Gasteiger partial charge in [0, 0.05) is 19.7 Å². The first-order chi connectivity index (χ1) is 7.24. The third-order valence-electron chi connectivity index (χ3n) is 3.30. The molecule has 0 aromatic carbocycles. The van der Waals surface area contributed by atoms with Crippen LogP contribution in [0.25, 0.3) is 0 Å². The minimum absolute atomic E-state index is 0.414. The maximum absolute atomic E-state index is 5.36. The summed E-state index contributed by atoms with van der Waals surface area (Å²) < 4.78 is 5.36. The van der Waals surface area contributed by atoms with Crippen LogP contribution in [0.15, 0.2) is 0 Å². The van der Waals surface area contributed by atoms with E-state index >= 15 is 0 Å². The summed E-state index contributed by atoms with van der Waals surface area (Å²) in [6, 6.07) is 0.699. The highest BCUT2D eigenvalue weighted by Gasteiger charge is 2.52. The Kier molecular flexibility index (Phi) is 7.20. The van der Waals surface area contributed by atoms with E-state index in [1.807, 2.05) is 34.8 Å². The maximum atomic E-state index is 5.36. The predicted molar refractivity (Wildman–Crippen MR) is 67.2 cm³/mol. The number of likely N-dealkylation sites (tertiary alicyclic amines) is 1. The number of nitrogens with zero attached hydrogens (tertiary/aromatic N) is 1. The second kappa shape index (κ2) is 7.24. The Morgan fingerprint density at radius 3 is 2.07 bits per heavy atom. The lowest BCUT2D eigenvalue weighted by molar-refractivity contribution is 0.0415. The lowest BCUT2D eigenvalue weighted by Gasteiger charge is -2.27. The molecule has 0 bridgehead atoms. The van der Waals surface area contributed by atoms with Crippen LogP contribution in [-0.2, 0) is 4.74 Å². The van der Waals surface area contributed by atoms with E-state index in [2.05, 4.69) is 18.9 Å². The first-order valence-corrected chi connectivity index (χ1v) is 6.47. The molecule has 0 aromatic rings. The minimum Gasteiger partial charge on any atom is -0.380 e. The largest absolute Gasteiger partial charge is 0.380 e. The van der Waals surface area contributed by atoms with Crippen molar-refractivity contribution in [2.45, 2.75) is 53.2 Å². The van der Waals surface area contributed by atoms with Gasteiger partial charge in [-0.15, -0.1) is 0 Å². The normalized spacial score (nSPS) is 34.2. The molecular formula is C13H29NO. The second-order valence-corrected chi connectivity index (χ2v) is 4.03. The second-order valence-electron chi connectivity index (χ2n) is 4.03. The lowest BCUT2D eigenvalue weighted by Crippen LogP contribution is -2.38. The molecule has 2 aliphatic rings. The van der Waals surface area contributed by atoms with E-state index < -0.39 is 0 Å². The van der Waals surface area contributed by atoms with E-state index in [1.54, 1.807) is 0 Å². The average Bonchev–Trinajstić information content (AvgIpc) is 2.96. The van der Waals surface area contributed by atoms with Gasteiger partial charge in [-0.25, -0.2) is 0 Å². The molecule has 1 saturated carbocycles. The Morgan fingerprint density at radius 2 is 1.73 bits per heavy atom. The van der Waals surface area contributed by atoms with Crippen molar-refractivity contribution in [1.29, 1.82) is 0 Å². The molecule has 92 valence electrons. The van der Waals surface area contributed by atoms with Gasteiger partial charge >= 0.3 is 0 Å². The highest BCUT2D eigenvalue weighted by molar-refractivity contribution is 5.05. The molecule has 2 unspecified atom stereocenters. The SMILES string of the molecule is CC.CC.COC(C)[C@@H]1C2C[C@H]2CN1C. The summed E-state index contributed by atoms with van der Waals surface area (Å²) in [4.78, 5) is 2.45. The summed E-state index contributed by atoms with van der Waals surface area (Å²) in [6.45, 7) is 11.5. The van der Waals surface area contributed by atoms with Gasteiger partial charge in [0.15, 0.2) is 0 Å². The summed E-state index contributed by atoms with van der Waals surface area (Å²) in [7, 11) is 4.03. The van der Waals surface area contributed by atoms with E-state index in [0.29, 0.717) is 12.1 Å². The zero-order valence-corrected chi connectivity index (χ0v) is 11.6. The van der Waals surface area contributed by atoms with Crippen LogP contribution in [0.5, 0.6) is 0 Å². The fourth-order valence-electron chi connectivity index (χ4n) is 2.56. The van der Waals surface area contributed by atoms with Crippen LogP contribution in [0, 0.1) is 11.8 Å². The Balaban J connectivity index is 0.000000442. The molecule has 2 nitrogen and oxygen atoms in total. The number of hydrogen-bond acceptors (Lipinski definition) is 2. The van der Waals surface area contributed by atoms with E-state index in [-0.39, 0.29) is 0 Å². The molecule has 15 heavy (non-hydrogen) atoms. The topological polar surface area (TPSA) is 12.5 Å². The quantitative estimate of drug-likeness (QED) is 0.702. The van der Waals surface area contributed by atoms with Gasteiger partial charge in [0.25, 0.3) is 0 Å². The van der Waals surface area contributed by atoms with Crippen molar-refractivity contribution in [3.8, 4) is 0 Å². The zero-order valence-electron chi connectivity index (χ0n) is 11.6. The first-order valence-electron chi connectivity index (χ1n) is 6.47. The van der Waals surface area contributed by atoms with Crippen molar-refractivity contribution >= 4 is 0 Å².